The number of nitrogen functional groups attached to an aromatic ring is 1. The summed E-state index contributed by atoms with van der Waals surface area (Å²) in [5.74, 6) is 1.77. The van der Waals surface area contributed by atoms with E-state index in [4.69, 9.17) is 10.8 Å². The second kappa shape index (κ2) is 6.68. The molecule has 4 N–H and O–H groups in total. The van der Waals surface area contributed by atoms with E-state index >= 15 is 0 Å². The first-order valence-corrected chi connectivity index (χ1v) is 8.72. The Morgan fingerprint density at radius 3 is 2.92 bits per heavy atom. The first-order chi connectivity index (χ1) is 12.2. The van der Waals surface area contributed by atoms with Gasteiger partial charge in [-0.2, -0.15) is 5.10 Å². The van der Waals surface area contributed by atoms with Gasteiger partial charge in [-0.25, -0.2) is 14.6 Å². The number of nitrogens with zero attached hydrogens (tertiary/aromatic N) is 4. The maximum Gasteiger partial charge on any atom is 0.165 e. The number of nitrogens with one attached hydrogen (secondary N) is 2. The van der Waals surface area contributed by atoms with Gasteiger partial charge in [0.05, 0.1) is 0 Å². The lowest BCUT2D eigenvalue weighted by atomic mass is 9.98. The molecule has 0 amide bonds. The minimum absolute atomic E-state index is 0.455. The average molecular weight is 337 g/mol. The van der Waals surface area contributed by atoms with Crippen LogP contribution in [0.4, 0.5) is 17.3 Å². The molecule has 0 unspecified atom stereocenters. The predicted octanol–water partition coefficient (Wildman–Crippen LogP) is 2.46. The number of hydrogen-bond acceptors (Lipinski definition) is 6. The normalized spacial score (nSPS) is 15.6. The maximum absolute atomic E-state index is 6.13. The monoisotopic (exact) mass is 337 g/mol. The van der Waals surface area contributed by atoms with E-state index in [1.54, 1.807) is 0 Å². The highest BCUT2D eigenvalue weighted by Gasteiger charge is 2.20. The molecule has 7 heteroatoms. The first-order valence-electron chi connectivity index (χ1n) is 8.72. The molecular formula is C18H23N7. The lowest BCUT2D eigenvalue weighted by Gasteiger charge is -2.22. The summed E-state index contributed by atoms with van der Waals surface area (Å²) in [6.45, 7) is 5.05. The third-order valence-electron chi connectivity index (χ3n) is 4.73. The van der Waals surface area contributed by atoms with Crippen LogP contribution in [0.3, 0.4) is 0 Å². The number of benzene rings is 1. The summed E-state index contributed by atoms with van der Waals surface area (Å²) >= 11 is 0. The fourth-order valence-corrected chi connectivity index (χ4v) is 3.41. The Balaban J connectivity index is 1.70. The molecule has 3 heterocycles. The molecule has 4 rings (SSSR count). The van der Waals surface area contributed by atoms with Crippen molar-refractivity contribution >= 4 is 28.4 Å². The number of hydrogen-bond donors (Lipinski definition) is 3. The average Bonchev–Trinajstić information content (AvgIpc) is 2.95. The Labute approximate surface area is 146 Å². The Morgan fingerprint density at radius 2 is 2.12 bits per heavy atom. The first kappa shape index (κ1) is 15.8. The SMILES string of the molecule is Cc1cccc(Nc2nn(CC3CCNCC3)c3ncnc(N)c23)c1. The van der Waals surface area contributed by atoms with Gasteiger partial charge >= 0.3 is 0 Å². The van der Waals surface area contributed by atoms with Gasteiger partial charge in [-0.3, -0.25) is 0 Å². The van der Waals surface area contributed by atoms with E-state index in [2.05, 4.69) is 39.7 Å². The summed E-state index contributed by atoms with van der Waals surface area (Å²) in [5.41, 5.74) is 9.10. The largest absolute Gasteiger partial charge is 0.383 e. The molecule has 1 aromatic carbocycles. The second-order valence-electron chi connectivity index (χ2n) is 6.68. The van der Waals surface area contributed by atoms with Crippen LogP contribution < -0.4 is 16.4 Å². The molecular weight excluding hydrogens is 314 g/mol. The van der Waals surface area contributed by atoms with Crippen molar-refractivity contribution in [3.8, 4) is 0 Å². The molecule has 0 saturated carbocycles. The molecule has 0 atom stereocenters. The zero-order chi connectivity index (χ0) is 17.2. The highest BCUT2D eigenvalue weighted by Crippen LogP contribution is 2.29. The standard InChI is InChI=1S/C18H23N7/c1-12-3-2-4-14(9-12)23-17-15-16(19)21-11-22-18(15)25(24-17)10-13-5-7-20-8-6-13/h2-4,9,11,13,20H,5-8,10H2,1H3,(H,23,24)(H2,19,21,22). The molecule has 1 saturated heterocycles. The third kappa shape index (κ3) is 3.28. The third-order valence-corrected chi connectivity index (χ3v) is 4.73. The van der Waals surface area contributed by atoms with E-state index in [0.717, 1.165) is 49.2 Å². The van der Waals surface area contributed by atoms with Crippen molar-refractivity contribution in [1.82, 2.24) is 25.1 Å². The van der Waals surface area contributed by atoms with E-state index in [9.17, 15) is 0 Å². The van der Waals surface area contributed by atoms with Gasteiger partial charge in [-0.15, -0.1) is 0 Å². The number of nitrogens with two attached hydrogens (primary N) is 1. The molecule has 1 aliphatic heterocycles. The molecule has 0 aliphatic carbocycles. The van der Waals surface area contributed by atoms with Crippen LogP contribution in [0.15, 0.2) is 30.6 Å². The molecule has 1 aliphatic rings. The van der Waals surface area contributed by atoms with Crippen molar-refractivity contribution in [3.63, 3.8) is 0 Å². The van der Waals surface area contributed by atoms with Crippen molar-refractivity contribution in [1.29, 1.82) is 0 Å². The van der Waals surface area contributed by atoms with Gasteiger partial charge in [0.2, 0.25) is 0 Å². The van der Waals surface area contributed by atoms with Gasteiger partial charge in [0.15, 0.2) is 11.5 Å². The molecule has 130 valence electrons. The Kier molecular flexibility index (Phi) is 4.23. The number of anilines is 3. The Morgan fingerprint density at radius 1 is 1.28 bits per heavy atom. The quantitative estimate of drug-likeness (QED) is 0.677. The van der Waals surface area contributed by atoms with Crippen LogP contribution >= 0.6 is 0 Å². The van der Waals surface area contributed by atoms with Crippen LogP contribution in [0.25, 0.3) is 11.0 Å². The van der Waals surface area contributed by atoms with E-state index < -0.39 is 0 Å². The molecule has 0 radical (unpaired) electrons. The van der Waals surface area contributed by atoms with E-state index in [1.165, 1.54) is 11.9 Å². The fraction of sp³-hybridized carbons (Fsp3) is 0.389. The Hall–Kier alpha value is -2.67. The summed E-state index contributed by atoms with van der Waals surface area (Å²) in [7, 11) is 0. The van der Waals surface area contributed by atoms with Crippen molar-refractivity contribution < 1.29 is 0 Å². The predicted molar refractivity (Wildman–Crippen MR) is 99.8 cm³/mol. The van der Waals surface area contributed by atoms with Gasteiger partial charge in [0, 0.05) is 12.2 Å². The molecule has 0 bridgehead atoms. The minimum atomic E-state index is 0.455. The van der Waals surface area contributed by atoms with Crippen LogP contribution in [0, 0.1) is 12.8 Å². The summed E-state index contributed by atoms with van der Waals surface area (Å²) in [6, 6.07) is 8.19. The zero-order valence-corrected chi connectivity index (χ0v) is 14.4. The summed E-state index contributed by atoms with van der Waals surface area (Å²) in [4.78, 5) is 8.59. The number of rotatable bonds is 4. The van der Waals surface area contributed by atoms with Crippen molar-refractivity contribution in [2.45, 2.75) is 26.3 Å². The summed E-state index contributed by atoms with van der Waals surface area (Å²) in [6.07, 6.45) is 3.82. The van der Waals surface area contributed by atoms with Crippen LogP contribution in [-0.4, -0.2) is 32.8 Å². The van der Waals surface area contributed by atoms with Gasteiger partial charge in [-0.1, -0.05) is 12.1 Å². The lowest BCUT2D eigenvalue weighted by molar-refractivity contribution is 0.325. The highest BCUT2D eigenvalue weighted by atomic mass is 15.3. The number of piperidine rings is 1. The van der Waals surface area contributed by atoms with Crippen molar-refractivity contribution in [2.24, 2.45) is 5.92 Å². The van der Waals surface area contributed by atoms with Gasteiger partial charge in [0.25, 0.3) is 0 Å². The summed E-state index contributed by atoms with van der Waals surface area (Å²) in [5, 5.41) is 12.3. The molecule has 1 fully saturated rings. The fourth-order valence-electron chi connectivity index (χ4n) is 3.41. The van der Waals surface area contributed by atoms with Crippen molar-refractivity contribution in [3.05, 3.63) is 36.2 Å². The van der Waals surface area contributed by atoms with E-state index in [0.29, 0.717) is 17.6 Å². The number of fused-ring (bicyclic) bond motifs is 1. The maximum atomic E-state index is 6.13. The minimum Gasteiger partial charge on any atom is -0.383 e. The van der Waals surface area contributed by atoms with E-state index in [-0.39, 0.29) is 0 Å². The number of aryl methyl sites for hydroxylation is 1. The second-order valence-corrected chi connectivity index (χ2v) is 6.68. The van der Waals surface area contributed by atoms with Crippen molar-refractivity contribution in [2.75, 3.05) is 24.1 Å². The van der Waals surface area contributed by atoms with Crippen LogP contribution in [0.5, 0.6) is 0 Å². The Bertz CT molecular complexity index is 880. The highest BCUT2D eigenvalue weighted by molar-refractivity contribution is 5.97. The van der Waals surface area contributed by atoms with Gasteiger partial charge in [0.1, 0.15) is 17.5 Å². The molecule has 2 aromatic heterocycles. The lowest BCUT2D eigenvalue weighted by Crippen LogP contribution is -2.30. The van der Waals surface area contributed by atoms with Crippen LogP contribution in [0.1, 0.15) is 18.4 Å². The zero-order valence-electron chi connectivity index (χ0n) is 14.4. The van der Waals surface area contributed by atoms with Crippen LogP contribution in [-0.2, 0) is 6.54 Å². The van der Waals surface area contributed by atoms with Gasteiger partial charge in [-0.05, 0) is 56.5 Å². The van der Waals surface area contributed by atoms with E-state index in [1.807, 2.05) is 16.8 Å². The molecule has 25 heavy (non-hydrogen) atoms. The number of aromatic nitrogens is 4. The van der Waals surface area contributed by atoms with Crippen LogP contribution in [0.2, 0.25) is 0 Å². The van der Waals surface area contributed by atoms with Gasteiger partial charge < -0.3 is 16.4 Å². The smallest absolute Gasteiger partial charge is 0.165 e. The topological polar surface area (TPSA) is 93.7 Å². The molecule has 0 spiro atoms. The molecule has 3 aromatic rings. The summed E-state index contributed by atoms with van der Waals surface area (Å²) < 4.78 is 1.97. The molecule has 7 nitrogen and oxygen atoms in total.